The van der Waals surface area contributed by atoms with Gasteiger partial charge in [0.25, 0.3) is 0 Å². The van der Waals surface area contributed by atoms with Gasteiger partial charge in [-0.1, -0.05) is 24.3 Å². The van der Waals surface area contributed by atoms with E-state index in [1.165, 1.54) is 17.8 Å². The van der Waals surface area contributed by atoms with Gasteiger partial charge in [0, 0.05) is 10.6 Å². The van der Waals surface area contributed by atoms with Crippen LogP contribution < -0.4 is 4.74 Å². The fraction of sp³-hybridized carbons (Fsp3) is 0.250. The van der Waals surface area contributed by atoms with Crippen LogP contribution in [0.3, 0.4) is 0 Å². The SMILES string of the molecule is COc1cccc(CC(O)CSc2ccccc2F)c1. The first-order valence-corrected chi connectivity index (χ1v) is 7.36. The number of rotatable bonds is 6. The first-order chi connectivity index (χ1) is 9.69. The van der Waals surface area contributed by atoms with Crippen LogP contribution in [0, 0.1) is 5.82 Å². The molecule has 0 amide bonds. The summed E-state index contributed by atoms with van der Waals surface area (Å²) in [6.07, 6.45) is 0.00488. The molecular weight excluding hydrogens is 275 g/mol. The van der Waals surface area contributed by atoms with Gasteiger partial charge < -0.3 is 9.84 Å². The van der Waals surface area contributed by atoms with E-state index in [1.807, 2.05) is 24.3 Å². The predicted molar refractivity (Wildman–Crippen MR) is 79.8 cm³/mol. The molecule has 0 radical (unpaired) electrons. The molecule has 0 heterocycles. The Morgan fingerprint density at radius 3 is 2.75 bits per heavy atom. The van der Waals surface area contributed by atoms with Gasteiger partial charge in [0.15, 0.2) is 0 Å². The molecule has 1 atom stereocenters. The first-order valence-electron chi connectivity index (χ1n) is 6.37. The molecule has 2 aromatic rings. The molecular formula is C16H17FO2S. The molecule has 0 aliphatic heterocycles. The minimum Gasteiger partial charge on any atom is -0.497 e. The smallest absolute Gasteiger partial charge is 0.136 e. The normalized spacial score (nSPS) is 12.2. The summed E-state index contributed by atoms with van der Waals surface area (Å²) in [6.45, 7) is 0. The number of hydrogen-bond donors (Lipinski definition) is 1. The molecule has 0 fully saturated rings. The highest BCUT2D eigenvalue weighted by molar-refractivity contribution is 7.99. The monoisotopic (exact) mass is 292 g/mol. The summed E-state index contributed by atoms with van der Waals surface area (Å²) < 4.78 is 18.6. The maximum Gasteiger partial charge on any atom is 0.136 e. The molecule has 0 saturated carbocycles. The Morgan fingerprint density at radius 1 is 1.20 bits per heavy atom. The largest absolute Gasteiger partial charge is 0.497 e. The van der Waals surface area contributed by atoms with Crippen LogP contribution >= 0.6 is 11.8 Å². The zero-order valence-electron chi connectivity index (χ0n) is 11.3. The number of benzene rings is 2. The van der Waals surface area contributed by atoms with Crippen molar-refractivity contribution in [3.63, 3.8) is 0 Å². The summed E-state index contributed by atoms with van der Waals surface area (Å²) in [4.78, 5) is 0.567. The fourth-order valence-corrected chi connectivity index (χ4v) is 2.75. The molecule has 2 rings (SSSR count). The van der Waals surface area contributed by atoms with Crippen LogP contribution in [0.25, 0.3) is 0 Å². The molecule has 4 heteroatoms. The van der Waals surface area contributed by atoms with Crippen molar-refractivity contribution < 1.29 is 14.2 Å². The van der Waals surface area contributed by atoms with Gasteiger partial charge in [0.05, 0.1) is 13.2 Å². The number of thioether (sulfide) groups is 1. The van der Waals surface area contributed by atoms with Crippen molar-refractivity contribution in [2.24, 2.45) is 0 Å². The second-order valence-electron chi connectivity index (χ2n) is 4.45. The van der Waals surface area contributed by atoms with Gasteiger partial charge in [0.2, 0.25) is 0 Å². The maximum absolute atomic E-state index is 13.4. The number of aliphatic hydroxyl groups excluding tert-OH is 1. The molecule has 0 spiro atoms. The van der Waals surface area contributed by atoms with Crippen LogP contribution in [0.5, 0.6) is 5.75 Å². The summed E-state index contributed by atoms with van der Waals surface area (Å²) in [5, 5.41) is 10.0. The van der Waals surface area contributed by atoms with Crippen LogP contribution in [-0.4, -0.2) is 24.1 Å². The van der Waals surface area contributed by atoms with E-state index in [2.05, 4.69) is 0 Å². The van der Waals surface area contributed by atoms with E-state index in [4.69, 9.17) is 4.74 Å². The molecule has 0 aromatic heterocycles. The Bertz CT molecular complexity index is 560. The lowest BCUT2D eigenvalue weighted by molar-refractivity contribution is 0.200. The number of methoxy groups -OCH3 is 1. The summed E-state index contributed by atoms with van der Waals surface area (Å²) in [7, 11) is 1.61. The van der Waals surface area contributed by atoms with E-state index < -0.39 is 6.10 Å². The molecule has 2 aromatic carbocycles. The van der Waals surface area contributed by atoms with Crippen molar-refractivity contribution in [3.05, 3.63) is 59.9 Å². The van der Waals surface area contributed by atoms with E-state index >= 15 is 0 Å². The zero-order chi connectivity index (χ0) is 14.4. The summed E-state index contributed by atoms with van der Waals surface area (Å²) in [5.74, 6) is 0.987. The Kier molecular flexibility index (Phi) is 5.44. The molecule has 20 heavy (non-hydrogen) atoms. The predicted octanol–water partition coefficient (Wildman–Crippen LogP) is 3.53. The lowest BCUT2D eigenvalue weighted by atomic mass is 10.1. The topological polar surface area (TPSA) is 29.5 Å². The highest BCUT2D eigenvalue weighted by atomic mass is 32.2. The van der Waals surface area contributed by atoms with E-state index in [9.17, 15) is 9.50 Å². The average Bonchev–Trinajstić information content (AvgIpc) is 2.46. The number of ether oxygens (including phenoxy) is 1. The van der Waals surface area contributed by atoms with Crippen LogP contribution in [0.2, 0.25) is 0 Å². The van der Waals surface area contributed by atoms with Gasteiger partial charge in [-0.25, -0.2) is 4.39 Å². The van der Waals surface area contributed by atoms with E-state index in [-0.39, 0.29) is 5.82 Å². The minimum absolute atomic E-state index is 0.244. The summed E-state index contributed by atoms with van der Waals surface area (Å²) in [5.41, 5.74) is 1.01. The second kappa shape index (κ2) is 7.31. The molecule has 0 bridgehead atoms. The Morgan fingerprint density at radius 2 is 2.00 bits per heavy atom. The Balaban J connectivity index is 1.89. The van der Waals surface area contributed by atoms with Crippen molar-refractivity contribution in [1.29, 1.82) is 0 Å². The molecule has 0 saturated heterocycles. The molecule has 106 valence electrons. The van der Waals surface area contributed by atoms with Crippen LogP contribution in [-0.2, 0) is 6.42 Å². The highest BCUT2D eigenvalue weighted by Gasteiger charge is 2.09. The molecule has 1 N–H and O–H groups in total. The van der Waals surface area contributed by atoms with Crippen molar-refractivity contribution >= 4 is 11.8 Å². The second-order valence-corrected chi connectivity index (χ2v) is 5.51. The highest BCUT2D eigenvalue weighted by Crippen LogP contribution is 2.23. The van der Waals surface area contributed by atoms with Crippen molar-refractivity contribution in [2.75, 3.05) is 12.9 Å². The first kappa shape index (κ1) is 14.9. The quantitative estimate of drug-likeness (QED) is 0.826. The molecule has 2 nitrogen and oxygen atoms in total. The van der Waals surface area contributed by atoms with Crippen LogP contribution in [0.4, 0.5) is 4.39 Å². The Labute approximate surface area is 122 Å². The van der Waals surface area contributed by atoms with Gasteiger partial charge in [-0.2, -0.15) is 0 Å². The zero-order valence-corrected chi connectivity index (χ0v) is 12.1. The van der Waals surface area contributed by atoms with Gasteiger partial charge in [-0.05, 0) is 36.2 Å². The third kappa shape index (κ3) is 4.25. The van der Waals surface area contributed by atoms with Crippen molar-refractivity contribution in [1.82, 2.24) is 0 Å². The molecule has 0 aliphatic carbocycles. The lowest BCUT2D eigenvalue weighted by Crippen LogP contribution is -2.13. The number of halogens is 1. The van der Waals surface area contributed by atoms with E-state index in [1.54, 1.807) is 25.3 Å². The molecule has 1 unspecified atom stereocenters. The van der Waals surface area contributed by atoms with Gasteiger partial charge >= 0.3 is 0 Å². The average molecular weight is 292 g/mol. The third-order valence-corrected chi connectivity index (χ3v) is 4.07. The summed E-state index contributed by atoms with van der Waals surface area (Å²) in [6, 6.07) is 14.2. The van der Waals surface area contributed by atoms with E-state index in [0.29, 0.717) is 17.1 Å². The number of hydrogen-bond acceptors (Lipinski definition) is 3. The van der Waals surface area contributed by atoms with Gasteiger partial charge in [0.1, 0.15) is 11.6 Å². The number of aliphatic hydroxyl groups is 1. The van der Waals surface area contributed by atoms with Gasteiger partial charge in [-0.15, -0.1) is 11.8 Å². The molecule has 0 aliphatic rings. The van der Waals surface area contributed by atoms with Crippen molar-refractivity contribution in [3.8, 4) is 5.75 Å². The van der Waals surface area contributed by atoms with Crippen molar-refractivity contribution in [2.45, 2.75) is 17.4 Å². The summed E-state index contributed by atoms with van der Waals surface area (Å²) >= 11 is 1.33. The standard InChI is InChI=1S/C16H17FO2S/c1-19-14-6-4-5-12(10-14)9-13(18)11-20-16-8-3-2-7-15(16)17/h2-8,10,13,18H,9,11H2,1H3. The fourth-order valence-electron chi connectivity index (χ4n) is 1.88. The van der Waals surface area contributed by atoms with Gasteiger partial charge in [-0.3, -0.25) is 0 Å². The third-order valence-electron chi connectivity index (χ3n) is 2.87. The van der Waals surface area contributed by atoms with Crippen LogP contribution in [0.15, 0.2) is 53.4 Å². The van der Waals surface area contributed by atoms with E-state index in [0.717, 1.165) is 11.3 Å². The minimum atomic E-state index is -0.522. The maximum atomic E-state index is 13.4. The Hall–Kier alpha value is -1.52. The lowest BCUT2D eigenvalue weighted by Gasteiger charge is -2.11. The van der Waals surface area contributed by atoms with Crippen LogP contribution in [0.1, 0.15) is 5.56 Å².